The molecule has 3 N–H and O–H groups in total. The van der Waals surface area contributed by atoms with E-state index >= 15 is 0 Å². The first-order valence-corrected chi connectivity index (χ1v) is 2.00. The fourth-order valence-corrected chi connectivity index (χ4v) is 0.135. The molecule has 0 saturated carbocycles. The Morgan fingerprint density at radius 1 is 1.62 bits per heavy atom. The molecule has 0 fully saturated rings. The smallest absolute Gasteiger partial charge is 0.422 e. The Labute approximate surface area is 47.2 Å². The zero-order valence-electron chi connectivity index (χ0n) is 4.83. The Kier molecular flexibility index (Phi) is 2.23. The van der Waals surface area contributed by atoms with Crippen LogP contribution in [0.15, 0.2) is 0 Å². The SMILES string of the molecule is CN(N)N(C)C(=O)O. The highest BCUT2D eigenvalue weighted by Crippen LogP contribution is 1.80. The lowest BCUT2D eigenvalue weighted by molar-refractivity contribution is 0.0327. The van der Waals surface area contributed by atoms with Gasteiger partial charge in [-0.15, -0.1) is 0 Å². The maximum Gasteiger partial charge on any atom is 0.422 e. The zero-order chi connectivity index (χ0) is 6.73. The molecule has 0 aliphatic carbocycles. The van der Waals surface area contributed by atoms with E-state index in [1.54, 1.807) is 0 Å². The van der Waals surface area contributed by atoms with Gasteiger partial charge in [-0.2, -0.15) is 5.12 Å². The largest absolute Gasteiger partial charge is 0.464 e. The molecule has 0 heterocycles. The molecule has 5 nitrogen and oxygen atoms in total. The van der Waals surface area contributed by atoms with E-state index in [4.69, 9.17) is 10.9 Å². The first-order valence-electron chi connectivity index (χ1n) is 2.00. The van der Waals surface area contributed by atoms with Crippen LogP contribution in [-0.2, 0) is 0 Å². The Hall–Kier alpha value is -0.810. The van der Waals surface area contributed by atoms with Crippen molar-refractivity contribution >= 4 is 6.09 Å². The summed E-state index contributed by atoms with van der Waals surface area (Å²) >= 11 is 0. The third-order valence-corrected chi connectivity index (χ3v) is 0.750. The van der Waals surface area contributed by atoms with E-state index in [-0.39, 0.29) is 0 Å². The number of amides is 1. The average molecular weight is 119 g/mol. The van der Waals surface area contributed by atoms with E-state index < -0.39 is 6.09 Å². The van der Waals surface area contributed by atoms with Crippen molar-refractivity contribution in [2.24, 2.45) is 5.84 Å². The summed E-state index contributed by atoms with van der Waals surface area (Å²) in [6.45, 7) is 0. The highest BCUT2D eigenvalue weighted by molar-refractivity contribution is 5.63. The van der Waals surface area contributed by atoms with Gasteiger partial charge in [0, 0.05) is 14.1 Å². The predicted molar refractivity (Wildman–Crippen MR) is 27.7 cm³/mol. The number of hydrazine groups is 2. The van der Waals surface area contributed by atoms with Crippen LogP contribution in [0, 0.1) is 0 Å². The molecule has 0 aromatic carbocycles. The number of nitrogens with zero attached hydrogens (tertiary/aromatic N) is 2. The Bertz CT molecular complexity index is 92.5. The van der Waals surface area contributed by atoms with Gasteiger partial charge < -0.3 is 5.11 Å². The van der Waals surface area contributed by atoms with E-state index in [9.17, 15) is 4.79 Å². The van der Waals surface area contributed by atoms with Gasteiger partial charge in [0.25, 0.3) is 0 Å². The highest BCUT2D eigenvalue weighted by atomic mass is 16.4. The molecule has 1 amide bonds. The molecule has 0 unspecified atom stereocenters. The van der Waals surface area contributed by atoms with Crippen molar-refractivity contribution in [1.82, 2.24) is 10.1 Å². The zero-order valence-corrected chi connectivity index (χ0v) is 4.83. The van der Waals surface area contributed by atoms with Gasteiger partial charge in [0.15, 0.2) is 0 Å². The van der Waals surface area contributed by atoms with Crippen molar-refractivity contribution in [2.45, 2.75) is 0 Å². The second kappa shape index (κ2) is 2.49. The van der Waals surface area contributed by atoms with Crippen LogP contribution in [0.1, 0.15) is 0 Å². The lowest BCUT2D eigenvalue weighted by Crippen LogP contribution is -2.44. The number of hydrogen-bond acceptors (Lipinski definition) is 3. The number of hydrogen-bond donors (Lipinski definition) is 2. The molecule has 0 saturated heterocycles. The molecular weight excluding hydrogens is 110 g/mol. The predicted octanol–water partition coefficient (Wildman–Crippen LogP) is -0.683. The topological polar surface area (TPSA) is 69.8 Å². The van der Waals surface area contributed by atoms with Crippen molar-refractivity contribution in [2.75, 3.05) is 14.1 Å². The summed E-state index contributed by atoms with van der Waals surface area (Å²) in [5.41, 5.74) is 0. The fourth-order valence-electron chi connectivity index (χ4n) is 0.135. The summed E-state index contributed by atoms with van der Waals surface area (Å²) in [7, 11) is 2.79. The normalized spacial score (nSPS) is 9.50. The summed E-state index contributed by atoms with van der Waals surface area (Å²) in [6, 6.07) is 0. The van der Waals surface area contributed by atoms with E-state index in [0.29, 0.717) is 0 Å². The number of carboxylic acid groups (broad SMARTS) is 1. The molecule has 48 valence electrons. The Morgan fingerprint density at radius 3 is 2.00 bits per heavy atom. The van der Waals surface area contributed by atoms with Crippen molar-refractivity contribution in [3.63, 3.8) is 0 Å². The molecule has 0 aliphatic heterocycles. The van der Waals surface area contributed by atoms with Crippen LogP contribution >= 0.6 is 0 Å². The molecule has 8 heavy (non-hydrogen) atoms. The molecule has 0 spiro atoms. The third kappa shape index (κ3) is 1.76. The van der Waals surface area contributed by atoms with Crippen molar-refractivity contribution < 1.29 is 9.90 Å². The molecule has 0 bridgehead atoms. The summed E-state index contributed by atoms with van der Waals surface area (Å²) in [5.74, 6) is 5.02. The molecule has 0 atom stereocenters. The van der Waals surface area contributed by atoms with Gasteiger partial charge in [0.1, 0.15) is 0 Å². The molecule has 0 aromatic rings. The minimum Gasteiger partial charge on any atom is -0.464 e. The van der Waals surface area contributed by atoms with Gasteiger partial charge >= 0.3 is 6.09 Å². The van der Waals surface area contributed by atoms with Gasteiger partial charge in [0.2, 0.25) is 0 Å². The summed E-state index contributed by atoms with van der Waals surface area (Å²) < 4.78 is 0. The number of rotatable bonds is 1. The van der Waals surface area contributed by atoms with Crippen LogP contribution in [0.3, 0.4) is 0 Å². The van der Waals surface area contributed by atoms with Gasteiger partial charge in [-0.25, -0.2) is 9.80 Å². The summed E-state index contributed by atoms with van der Waals surface area (Å²) in [6.07, 6.45) is -1.07. The first kappa shape index (κ1) is 7.19. The van der Waals surface area contributed by atoms with Crippen LogP contribution < -0.4 is 5.84 Å². The van der Waals surface area contributed by atoms with Gasteiger partial charge in [0.05, 0.1) is 0 Å². The molecule has 0 rings (SSSR count). The van der Waals surface area contributed by atoms with Crippen LogP contribution in [0.4, 0.5) is 4.79 Å². The molecule has 0 radical (unpaired) electrons. The second-order valence-corrected chi connectivity index (χ2v) is 1.38. The van der Waals surface area contributed by atoms with E-state index in [1.807, 2.05) is 0 Å². The standard InChI is InChI=1S/C3H9N3O2/c1-5(3(7)8)6(2)4/h4H2,1-2H3,(H,7,8). The lowest BCUT2D eigenvalue weighted by atomic mass is 11.0. The van der Waals surface area contributed by atoms with Crippen LogP contribution in [-0.4, -0.2) is 35.4 Å². The molecular formula is C3H9N3O2. The first-order chi connectivity index (χ1) is 3.55. The lowest BCUT2D eigenvalue weighted by Gasteiger charge is -2.19. The van der Waals surface area contributed by atoms with Crippen LogP contribution in [0.25, 0.3) is 0 Å². The summed E-state index contributed by atoms with van der Waals surface area (Å²) in [5, 5.41) is 9.99. The van der Waals surface area contributed by atoms with Crippen molar-refractivity contribution in [3.05, 3.63) is 0 Å². The summed E-state index contributed by atoms with van der Waals surface area (Å²) in [4.78, 5) is 9.94. The quantitative estimate of drug-likeness (QED) is 0.354. The van der Waals surface area contributed by atoms with Gasteiger partial charge in [-0.1, -0.05) is 0 Å². The third-order valence-electron chi connectivity index (χ3n) is 0.750. The maximum absolute atomic E-state index is 9.94. The Morgan fingerprint density at radius 2 is 2.00 bits per heavy atom. The molecule has 0 aromatic heterocycles. The van der Waals surface area contributed by atoms with Crippen molar-refractivity contribution in [1.29, 1.82) is 0 Å². The molecule has 0 aliphatic rings. The minimum absolute atomic E-state index is 0.861. The highest BCUT2D eigenvalue weighted by Gasteiger charge is 2.05. The van der Waals surface area contributed by atoms with Crippen molar-refractivity contribution in [3.8, 4) is 0 Å². The second-order valence-electron chi connectivity index (χ2n) is 1.38. The van der Waals surface area contributed by atoms with E-state index in [2.05, 4.69) is 0 Å². The van der Waals surface area contributed by atoms with Crippen LogP contribution in [0.5, 0.6) is 0 Å². The van der Waals surface area contributed by atoms with Gasteiger partial charge in [-0.05, 0) is 0 Å². The molecule has 5 heteroatoms. The number of carbonyl (C=O) groups is 1. The minimum atomic E-state index is -1.07. The van der Waals surface area contributed by atoms with E-state index in [0.717, 1.165) is 10.1 Å². The number of nitrogens with two attached hydrogens (primary N) is 1. The maximum atomic E-state index is 9.94. The van der Waals surface area contributed by atoms with E-state index in [1.165, 1.54) is 14.1 Å². The monoisotopic (exact) mass is 119 g/mol. The Balaban J connectivity index is 3.64. The fraction of sp³-hybridized carbons (Fsp3) is 0.667. The van der Waals surface area contributed by atoms with Gasteiger partial charge in [-0.3, -0.25) is 5.84 Å². The average Bonchev–Trinajstić information content (AvgIpc) is 1.64. The van der Waals surface area contributed by atoms with Crippen LogP contribution in [0.2, 0.25) is 0 Å².